The van der Waals surface area contributed by atoms with Gasteiger partial charge < -0.3 is 5.32 Å². The van der Waals surface area contributed by atoms with Gasteiger partial charge in [0.05, 0.1) is 0 Å². The number of rotatable bonds is 3. The summed E-state index contributed by atoms with van der Waals surface area (Å²) in [6, 6.07) is 2.48. The minimum absolute atomic E-state index is 0.721. The normalized spacial score (nSPS) is 35.5. The van der Waals surface area contributed by atoms with Gasteiger partial charge in [0.2, 0.25) is 0 Å². The number of piperazine rings is 1. The molecule has 0 spiro atoms. The Morgan fingerprint density at radius 2 is 1.63 bits per heavy atom. The van der Waals surface area contributed by atoms with E-state index in [0.29, 0.717) is 0 Å². The molecule has 0 amide bonds. The average molecular weight is 264 g/mol. The van der Waals surface area contributed by atoms with Crippen LogP contribution in [0.5, 0.6) is 0 Å². The molecular weight excluding hydrogens is 232 g/mol. The molecule has 0 aromatic heterocycles. The molecule has 1 saturated heterocycles. The van der Waals surface area contributed by atoms with Crippen LogP contribution in [-0.2, 0) is 0 Å². The summed E-state index contributed by atoms with van der Waals surface area (Å²) in [5.41, 5.74) is 0. The first-order chi connectivity index (χ1) is 9.25. The Bertz CT molecular complexity index is 277. The second-order valence-electron chi connectivity index (χ2n) is 7.51. The van der Waals surface area contributed by atoms with E-state index in [4.69, 9.17) is 0 Å². The van der Waals surface area contributed by atoms with E-state index >= 15 is 0 Å². The van der Waals surface area contributed by atoms with Gasteiger partial charge in [-0.2, -0.15) is 0 Å². The van der Waals surface area contributed by atoms with E-state index in [0.717, 1.165) is 30.0 Å². The van der Waals surface area contributed by atoms with Crippen LogP contribution in [0, 0.1) is 11.8 Å². The third kappa shape index (κ3) is 3.33. The maximum Gasteiger partial charge on any atom is 0.0252 e. The van der Waals surface area contributed by atoms with E-state index in [-0.39, 0.29) is 0 Å². The Morgan fingerprint density at radius 1 is 0.947 bits per heavy atom. The standard InChI is InChI=1S/C17H32N2/c1-13(2)16-12-19(15-7-5-3-4-6-8-15)17(11-18-16)14-9-10-14/h13-18H,3-12H2,1-2H3. The number of nitrogens with one attached hydrogen (secondary N) is 1. The summed E-state index contributed by atoms with van der Waals surface area (Å²) in [6.07, 6.45) is 11.8. The van der Waals surface area contributed by atoms with Crippen molar-refractivity contribution in [2.75, 3.05) is 13.1 Å². The molecule has 110 valence electrons. The van der Waals surface area contributed by atoms with Crippen molar-refractivity contribution >= 4 is 0 Å². The van der Waals surface area contributed by atoms with Gasteiger partial charge in [0.25, 0.3) is 0 Å². The third-order valence-corrected chi connectivity index (χ3v) is 5.69. The van der Waals surface area contributed by atoms with Gasteiger partial charge in [-0.1, -0.05) is 39.5 Å². The van der Waals surface area contributed by atoms with Crippen LogP contribution >= 0.6 is 0 Å². The second-order valence-corrected chi connectivity index (χ2v) is 7.51. The lowest BCUT2D eigenvalue weighted by molar-refractivity contribution is 0.0508. The predicted molar refractivity (Wildman–Crippen MR) is 81.3 cm³/mol. The van der Waals surface area contributed by atoms with Crippen molar-refractivity contribution < 1.29 is 0 Å². The maximum absolute atomic E-state index is 3.83. The Morgan fingerprint density at radius 3 is 2.21 bits per heavy atom. The van der Waals surface area contributed by atoms with Crippen molar-refractivity contribution in [2.45, 2.75) is 83.3 Å². The van der Waals surface area contributed by atoms with E-state index in [1.807, 2.05) is 0 Å². The van der Waals surface area contributed by atoms with Gasteiger partial charge >= 0.3 is 0 Å². The largest absolute Gasteiger partial charge is 0.311 e. The molecular formula is C17H32N2. The maximum atomic E-state index is 3.83. The molecule has 19 heavy (non-hydrogen) atoms. The Labute approximate surface area is 119 Å². The molecule has 3 rings (SSSR count). The van der Waals surface area contributed by atoms with Gasteiger partial charge in [-0.15, -0.1) is 0 Å². The van der Waals surface area contributed by atoms with Crippen molar-refractivity contribution in [3.05, 3.63) is 0 Å². The fourth-order valence-corrected chi connectivity index (χ4v) is 4.19. The van der Waals surface area contributed by atoms with Crippen LogP contribution in [0.25, 0.3) is 0 Å². The van der Waals surface area contributed by atoms with Crippen LogP contribution in [0.4, 0.5) is 0 Å². The van der Waals surface area contributed by atoms with Gasteiger partial charge in [-0.3, -0.25) is 4.90 Å². The molecule has 0 aromatic rings. The zero-order valence-electron chi connectivity index (χ0n) is 12.9. The molecule has 2 nitrogen and oxygen atoms in total. The molecule has 2 saturated carbocycles. The fourth-order valence-electron chi connectivity index (χ4n) is 4.19. The molecule has 0 radical (unpaired) electrons. The van der Waals surface area contributed by atoms with Gasteiger partial charge in [-0.25, -0.2) is 0 Å². The molecule has 2 atom stereocenters. The number of hydrogen-bond donors (Lipinski definition) is 1. The quantitative estimate of drug-likeness (QED) is 0.786. The fraction of sp³-hybridized carbons (Fsp3) is 1.00. The zero-order valence-corrected chi connectivity index (χ0v) is 12.9. The van der Waals surface area contributed by atoms with Crippen LogP contribution in [0.2, 0.25) is 0 Å². The third-order valence-electron chi connectivity index (χ3n) is 5.69. The van der Waals surface area contributed by atoms with Crippen LogP contribution in [0.15, 0.2) is 0 Å². The summed E-state index contributed by atoms with van der Waals surface area (Å²) in [6.45, 7) is 7.31. The first-order valence-electron chi connectivity index (χ1n) is 8.75. The highest BCUT2D eigenvalue weighted by Crippen LogP contribution is 2.39. The molecule has 0 bridgehead atoms. The lowest BCUT2D eigenvalue weighted by atomic mass is 9.94. The molecule has 2 heteroatoms. The molecule has 1 aliphatic heterocycles. The van der Waals surface area contributed by atoms with Gasteiger partial charge in [0.15, 0.2) is 0 Å². The summed E-state index contributed by atoms with van der Waals surface area (Å²) in [4.78, 5) is 2.95. The highest BCUT2D eigenvalue weighted by Gasteiger charge is 2.41. The Kier molecular flexibility index (Phi) is 4.48. The van der Waals surface area contributed by atoms with Crippen LogP contribution < -0.4 is 5.32 Å². The molecule has 1 heterocycles. The summed E-state index contributed by atoms with van der Waals surface area (Å²) in [7, 11) is 0. The topological polar surface area (TPSA) is 15.3 Å². The molecule has 3 fully saturated rings. The Balaban J connectivity index is 1.68. The van der Waals surface area contributed by atoms with Crippen molar-refractivity contribution in [3.63, 3.8) is 0 Å². The SMILES string of the molecule is CC(C)C1CN(C2CCCCCC2)C(C2CC2)CN1. The second kappa shape index (κ2) is 6.13. The number of hydrogen-bond acceptors (Lipinski definition) is 2. The Hall–Kier alpha value is -0.0800. The van der Waals surface area contributed by atoms with Gasteiger partial charge in [-0.05, 0) is 37.5 Å². The molecule has 1 N–H and O–H groups in total. The first kappa shape index (κ1) is 13.9. The molecule has 0 aromatic carbocycles. The summed E-state index contributed by atoms with van der Waals surface area (Å²) < 4.78 is 0. The van der Waals surface area contributed by atoms with E-state index < -0.39 is 0 Å². The highest BCUT2D eigenvalue weighted by atomic mass is 15.3. The predicted octanol–water partition coefficient (Wildman–Crippen LogP) is 3.42. The van der Waals surface area contributed by atoms with Crippen molar-refractivity contribution in [1.29, 1.82) is 0 Å². The first-order valence-corrected chi connectivity index (χ1v) is 8.75. The lowest BCUT2D eigenvalue weighted by Crippen LogP contribution is -2.61. The average Bonchev–Trinajstić information content (AvgIpc) is 3.25. The van der Waals surface area contributed by atoms with Crippen LogP contribution in [0.1, 0.15) is 65.2 Å². The molecule has 2 aliphatic carbocycles. The smallest absolute Gasteiger partial charge is 0.0252 e. The highest BCUT2D eigenvalue weighted by molar-refractivity contribution is 4.98. The van der Waals surface area contributed by atoms with Crippen molar-refractivity contribution in [1.82, 2.24) is 10.2 Å². The zero-order chi connectivity index (χ0) is 13.2. The van der Waals surface area contributed by atoms with E-state index in [9.17, 15) is 0 Å². The number of nitrogens with zero attached hydrogens (tertiary/aromatic N) is 1. The lowest BCUT2D eigenvalue weighted by Gasteiger charge is -2.46. The minimum Gasteiger partial charge on any atom is -0.311 e. The van der Waals surface area contributed by atoms with E-state index in [1.54, 1.807) is 0 Å². The summed E-state index contributed by atoms with van der Waals surface area (Å²) in [5.74, 6) is 1.79. The van der Waals surface area contributed by atoms with Crippen molar-refractivity contribution in [3.8, 4) is 0 Å². The minimum atomic E-state index is 0.721. The van der Waals surface area contributed by atoms with Crippen LogP contribution in [-0.4, -0.2) is 36.1 Å². The monoisotopic (exact) mass is 264 g/mol. The van der Waals surface area contributed by atoms with E-state index in [1.165, 1.54) is 64.5 Å². The van der Waals surface area contributed by atoms with E-state index in [2.05, 4.69) is 24.1 Å². The van der Waals surface area contributed by atoms with Gasteiger partial charge in [0, 0.05) is 31.2 Å². The van der Waals surface area contributed by atoms with Gasteiger partial charge in [0.1, 0.15) is 0 Å². The summed E-state index contributed by atoms with van der Waals surface area (Å²) in [5, 5.41) is 3.83. The molecule has 3 aliphatic rings. The summed E-state index contributed by atoms with van der Waals surface area (Å²) >= 11 is 0. The van der Waals surface area contributed by atoms with Crippen LogP contribution in [0.3, 0.4) is 0 Å². The molecule has 2 unspecified atom stereocenters. The van der Waals surface area contributed by atoms with Crippen molar-refractivity contribution in [2.24, 2.45) is 11.8 Å².